The van der Waals surface area contributed by atoms with Crippen molar-refractivity contribution >= 4 is 14.7 Å². The quantitative estimate of drug-likeness (QED) is 0.0385. The van der Waals surface area contributed by atoms with Crippen LogP contribution in [0.15, 0.2) is 12.7 Å². The van der Waals surface area contributed by atoms with E-state index in [1.165, 1.54) is 205 Å². The summed E-state index contributed by atoms with van der Waals surface area (Å²) >= 11 is 0. The normalized spacial score (nSPS) is 11.4. The van der Waals surface area contributed by atoms with Crippen molar-refractivity contribution in [2.24, 2.45) is 0 Å². The highest BCUT2D eigenvalue weighted by Crippen LogP contribution is 2.21. The minimum Gasteiger partial charge on any atom is -0.374 e. The first-order valence-corrected chi connectivity index (χ1v) is 24.8. The van der Waals surface area contributed by atoms with Crippen LogP contribution in [-0.4, -0.2) is 41.1 Å². The largest absolute Gasteiger partial charge is 0.500 e. The maximum absolute atomic E-state index is 10.9. The van der Waals surface area contributed by atoms with Crippen LogP contribution >= 0.6 is 0 Å². The van der Waals surface area contributed by atoms with Crippen LogP contribution in [0.2, 0.25) is 6.04 Å². The average Bonchev–Trinajstić information content (AvgIpc) is 3.13. The molecule has 0 radical (unpaired) electrons. The van der Waals surface area contributed by atoms with Gasteiger partial charge in [0, 0.05) is 32.4 Å². The maximum atomic E-state index is 10.9. The Kier molecular flexibility index (Phi) is 46.7. The summed E-state index contributed by atoms with van der Waals surface area (Å²) < 4.78 is 17.8. The molecule has 6 heteroatoms. The Morgan fingerprint density at radius 2 is 0.686 bits per heavy atom. The third-order valence-electron chi connectivity index (χ3n) is 9.94. The number of carbonyl (C=O) groups is 1. The molecule has 0 aliphatic carbocycles. The Labute approximate surface area is 322 Å². The van der Waals surface area contributed by atoms with Gasteiger partial charge in [-0.15, -0.1) is 0 Å². The fourth-order valence-corrected chi connectivity index (χ4v) is 9.53. The molecule has 0 atom stereocenters. The first kappa shape index (κ1) is 52.4. The molecule has 1 N–H and O–H groups in total. The van der Waals surface area contributed by atoms with Gasteiger partial charge in [-0.3, -0.25) is 4.79 Å². The number of amides is 1. The van der Waals surface area contributed by atoms with Crippen LogP contribution in [0.4, 0.5) is 0 Å². The van der Waals surface area contributed by atoms with E-state index in [1.807, 2.05) is 20.8 Å². The molecule has 0 aromatic rings. The van der Waals surface area contributed by atoms with Gasteiger partial charge in [0.25, 0.3) is 0 Å². The van der Waals surface area contributed by atoms with Crippen molar-refractivity contribution in [1.29, 1.82) is 0 Å². The number of unbranched alkanes of at least 4 members (excludes halogenated alkanes) is 30. The summed E-state index contributed by atoms with van der Waals surface area (Å²) in [5, 5.41) is 2.82. The standard InChI is InChI=1S/C24H52O3Si.C21H41NO/c1-5-9-10-11-12-13-14-15-16-17-18-19-20-21-22-23-24-28(25-6-2,26-7-3)27-8-4;1-3-5-6-7-8-9-10-11-12-13-14-15-16-17-18-19-20-22-21(23)4-2/h5-24H2,1-4H3;4H,2-3,5-20H2,1H3,(H,22,23). The summed E-state index contributed by atoms with van der Waals surface area (Å²) in [5.41, 5.74) is 0. The van der Waals surface area contributed by atoms with Gasteiger partial charge < -0.3 is 18.6 Å². The predicted octanol–water partition coefficient (Wildman–Crippen LogP) is 14.8. The Bertz CT molecular complexity index is 660. The topological polar surface area (TPSA) is 56.8 Å². The van der Waals surface area contributed by atoms with Gasteiger partial charge in [-0.2, -0.15) is 0 Å². The molecular weight excluding hydrogens is 647 g/mol. The summed E-state index contributed by atoms with van der Waals surface area (Å²) in [4.78, 5) is 10.9. The highest BCUT2D eigenvalue weighted by atomic mass is 28.4. The van der Waals surface area contributed by atoms with Gasteiger partial charge in [0.2, 0.25) is 5.91 Å². The third kappa shape index (κ3) is 41.9. The second-order valence-corrected chi connectivity index (χ2v) is 17.6. The van der Waals surface area contributed by atoms with Crippen LogP contribution in [-0.2, 0) is 18.1 Å². The molecule has 51 heavy (non-hydrogen) atoms. The second kappa shape index (κ2) is 45.5. The molecule has 0 saturated heterocycles. The minimum atomic E-state index is -2.40. The number of carbonyl (C=O) groups excluding carboxylic acids is 1. The fraction of sp³-hybridized carbons (Fsp3) is 0.933. The monoisotopic (exact) mass is 740 g/mol. The molecule has 0 spiro atoms. The Balaban J connectivity index is 0. The highest BCUT2D eigenvalue weighted by molar-refractivity contribution is 6.60. The zero-order valence-electron chi connectivity index (χ0n) is 35.6. The molecule has 0 unspecified atom stereocenters. The van der Waals surface area contributed by atoms with Crippen LogP contribution in [0.5, 0.6) is 0 Å². The van der Waals surface area contributed by atoms with Gasteiger partial charge in [0.1, 0.15) is 0 Å². The lowest BCUT2D eigenvalue weighted by Gasteiger charge is -2.28. The van der Waals surface area contributed by atoms with Crippen LogP contribution < -0.4 is 5.32 Å². The van der Waals surface area contributed by atoms with E-state index in [2.05, 4.69) is 25.7 Å². The lowest BCUT2D eigenvalue weighted by Crippen LogP contribution is -2.45. The first-order chi connectivity index (χ1) is 25.1. The van der Waals surface area contributed by atoms with Crippen molar-refractivity contribution in [2.45, 2.75) is 246 Å². The van der Waals surface area contributed by atoms with Crippen LogP contribution in [0.1, 0.15) is 240 Å². The Morgan fingerprint density at radius 3 is 0.941 bits per heavy atom. The summed E-state index contributed by atoms with van der Waals surface area (Å²) in [6.07, 6.45) is 45.8. The van der Waals surface area contributed by atoms with Crippen LogP contribution in [0.3, 0.4) is 0 Å². The van der Waals surface area contributed by atoms with Crippen molar-refractivity contribution < 1.29 is 18.1 Å². The molecule has 0 rings (SSSR count). The van der Waals surface area contributed by atoms with Gasteiger partial charge >= 0.3 is 8.80 Å². The Morgan fingerprint density at radius 1 is 0.431 bits per heavy atom. The molecule has 0 bridgehead atoms. The lowest BCUT2D eigenvalue weighted by atomic mass is 10.0. The van der Waals surface area contributed by atoms with E-state index in [1.54, 1.807) is 0 Å². The van der Waals surface area contributed by atoms with Gasteiger partial charge in [-0.1, -0.05) is 213 Å². The molecular formula is C45H93NO4Si. The van der Waals surface area contributed by atoms with E-state index in [9.17, 15) is 4.79 Å². The van der Waals surface area contributed by atoms with Crippen LogP contribution in [0.25, 0.3) is 0 Å². The summed E-state index contributed by atoms with van der Waals surface area (Å²) in [6, 6.07) is 0.973. The highest BCUT2D eigenvalue weighted by Gasteiger charge is 2.39. The molecule has 0 aliphatic heterocycles. The molecule has 0 aromatic heterocycles. The van der Waals surface area contributed by atoms with Crippen LogP contribution in [0, 0.1) is 0 Å². The van der Waals surface area contributed by atoms with E-state index in [-0.39, 0.29) is 5.91 Å². The molecule has 0 aromatic carbocycles. The zero-order valence-corrected chi connectivity index (χ0v) is 36.6. The number of hydrogen-bond acceptors (Lipinski definition) is 4. The van der Waals surface area contributed by atoms with E-state index >= 15 is 0 Å². The number of hydrogen-bond donors (Lipinski definition) is 1. The average molecular weight is 740 g/mol. The van der Waals surface area contributed by atoms with Gasteiger partial charge in [-0.25, -0.2) is 0 Å². The SMILES string of the molecule is C=CC(=O)NCCCCCCCCCCCCCCCCCC.CCCCCCCCCCCCCCCCCC[Si](OCC)(OCC)OCC. The number of nitrogens with one attached hydrogen (secondary N) is 1. The molecule has 0 saturated carbocycles. The molecule has 0 aliphatic rings. The van der Waals surface area contributed by atoms with Gasteiger partial charge in [0.15, 0.2) is 0 Å². The Hall–Kier alpha value is -0.693. The van der Waals surface area contributed by atoms with E-state index < -0.39 is 8.80 Å². The summed E-state index contributed by atoms with van der Waals surface area (Å²) in [5.74, 6) is -0.0500. The fourth-order valence-electron chi connectivity index (χ4n) is 6.85. The van der Waals surface area contributed by atoms with E-state index in [0.29, 0.717) is 19.8 Å². The smallest absolute Gasteiger partial charge is 0.374 e. The zero-order chi connectivity index (χ0) is 37.8. The minimum absolute atomic E-state index is 0.0500. The van der Waals surface area contributed by atoms with E-state index in [4.69, 9.17) is 13.3 Å². The molecule has 1 amide bonds. The van der Waals surface area contributed by atoms with Crippen molar-refractivity contribution in [3.05, 3.63) is 12.7 Å². The molecule has 0 fully saturated rings. The maximum Gasteiger partial charge on any atom is 0.500 e. The third-order valence-corrected chi connectivity index (χ3v) is 13.1. The van der Waals surface area contributed by atoms with Gasteiger partial charge in [-0.05, 0) is 39.7 Å². The first-order valence-electron chi connectivity index (χ1n) is 22.9. The van der Waals surface area contributed by atoms with Gasteiger partial charge in [0.05, 0.1) is 0 Å². The molecule has 306 valence electrons. The summed E-state index contributed by atoms with van der Waals surface area (Å²) in [6.45, 7) is 17.0. The predicted molar refractivity (Wildman–Crippen MR) is 228 cm³/mol. The number of rotatable bonds is 41. The second-order valence-electron chi connectivity index (χ2n) is 14.8. The van der Waals surface area contributed by atoms with Crippen molar-refractivity contribution in [2.75, 3.05) is 26.4 Å². The summed E-state index contributed by atoms with van der Waals surface area (Å²) in [7, 11) is -2.40. The molecule has 5 nitrogen and oxygen atoms in total. The van der Waals surface area contributed by atoms with E-state index in [0.717, 1.165) is 19.0 Å². The van der Waals surface area contributed by atoms with Crippen molar-refractivity contribution in [3.8, 4) is 0 Å². The lowest BCUT2D eigenvalue weighted by molar-refractivity contribution is -0.116. The van der Waals surface area contributed by atoms with Crippen molar-refractivity contribution in [1.82, 2.24) is 5.32 Å². The molecule has 0 heterocycles. The van der Waals surface area contributed by atoms with Crippen molar-refractivity contribution in [3.63, 3.8) is 0 Å².